The Kier molecular flexibility index (Phi) is 4.82. The van der Waals surface area contributed by atoms with Crippen LogP contribution in [-0.2, 0) is 4.79 Å². The van der Waals surface area contributed by atoms with E-state index in [2.05, 4.69) is 10.6 Å². The van der Waals surface area contributed by atoms with E-state index in [9.17, 15) is 4.79 Å². The Bertz CT molecular complexity index is 390. The van der Waals surface area contributed by atoms with E-state index in [1.54, 1.807) is 0 Å². The van der Waals surface area contributed by atoms with E-state index >= 15 is 0 Å². The first kappa shape index (κ1) is 13.4. The topological polar surface area (TPSA) is 67.2 Å². The van der Waals surface area contributed by atoms with Gasteiger partial charge in [-0.1, -0.05) is 13.0 Å². The molecule has 0 bridgehead atoms. The Morgan fingerprint density at radius 2 is 2.18 bits per heavy atom. The average molecular weight is 235 g/mol. The number of carbonyl (C=O) groups excluding carboxylic acids is 1. The molecule has 1 aromatic carbocycles. The summed E-state index contributed by atoms with van der Waals surface area (Å²) in [5.41, 5.74) is 8.45. The molecule has 94 valence electrons. The van der Waals surface area contributed by atoms with Crippen LogP contribution in [0.15, 0.2) is 18.2 Å². The Balaban J connectivity index is 2.58. The van der Waals surface area contributed by atoms with Crippen LogP contribution >= 0.6 is 0 Å². The fourth-order valence-corrected chi connectivity index (χ4v) is 1.45. The highest BCUT2D eigenvalue weighted by atomic mass is 16.2. The molecule has 0 spiro atoms. The lowest BCUT2D eigenvalue weighted by Gasteiger charge is -2.15. The van der Waals surface area contributed by atoms with Gasteiger partial charge in [-0.15, -0.1) is 0 Å². The molecule has 0 radical (unpaired) electrons. The monoisotopic (exact) mass is 235 g/mol. The summed E-state index contributed by atoms with van der Waals surface area (Å²) in [5, 5.41) is 5.97. The van der Waals surface area contributed by atoms with Gasteiger partial charge in [-0.25, -0.2) is 0 Å². The van der Waals surface area contributed by atoms with Crippen LogP contribution in [0, 0.1) is 6.92 Å². The van der Waals surface area contributed by atoms with Gasteiger partial charge >= 0.3 is 0 Å². The van der Waals surface area contributed by atoms with Crippen LogP contribution < -0.4 is 16.4 Å². The van der Waals surface area contributed by atoms with Crippen molar-refractivity contribution in [2.24, 2.45) is 0 Å². The van der Waals surface area contributed by atoms with Crippen LogP contribution in [0.4, 0.5) is 11.4 Å². The third kappa shape index (κ3) is 3.98. The van der Waals surface area contributed by atoms with Crippen LogP contribution in [0.3, 0.4) is 0 Å². The maximum atomic E-state index is 11.7. The van der Waals surface area contributed by atoms with E-state index in [-0.39, 0.29) is 11.9 Å². The molecule has 1 atom stereocenters. The van der Waals surface area contributed by atoms with Crippen molar-refractivity contribution < 1.29 is 4.79 Å². The summed E-state index contributed by atoms with van der Waals surface area (Å²) in [6.07, 6.45) is 0.940. The number of nitrogen functional groups attached to an aromatic ring is 1. The molecule has 0 fully saturated rings. The molecule has 17 heavy (non-hydrogen) atoms. The average Bonchev–Trinajstić information content (AvgIpc) is 2.30. The third-order valence-corrected chi connectivity index (χ3v) is 2.60. The number of rotatable bonds is 5. The van der Waals surface area contributed by atoms with E-state index in [4.69, 9.17) is 5.73 Å². The minimum atomic E-state index is -0.261. The quantitative estimate of drug-likeness (QED) is 0.683. The molecule has 1 rings (SSSR count). The first-order valence-electron chi connectivity index (χ1n) is 5.95. The fraction of sp³-hybridized carbons (Fsp3) is 0.462. The molecule has 1 aromatic rings. The minimum absolute atomic E-state index is 0.00555. The second-order valence-electron chi connectivity index (χ2n) is 4.23. The smallest absolute Gasteiger partial charge is 0.242 e. The number of nitrogens with one attached hydrogen (secondary N) is 2. The molecule has 0 aliphatic carbocycles. The normalized spacial score (nSPS) is 11.9. The van der Waals surface area contributed by atoms with Gasteiger partial charge in [-0.05, 0) is 38.0 Å². The van der Waals surface area contributed by atoms with Crippen molar-refractivity contribution in [3.63, 3.8) is 0 Å². The standard InChI is InChI=1S/C13H21N3O/c1-4-7-15-13(17)10(3)16-11-6-5-9(2)12(14)8-11/h5-6,8,10,16H,4,7,14H2,1-3H3,(H,15,17). The summed E-state index contributed by atoms with van der Waals surface area (Å²) in [6, 6.07) is 5.45. The van der Waals surface area contributed by atoms with E-state index in [1.165, 1.54) is 0 Å². The number of aryl methyl sites for hydroxylation is 1. The zero-order valence-corrected chi connectivity index (χ0v) is 10.7. The van der Waals surface area contributed by atoms with Gasteiger partial charge < -0.3 is 16.4 Å². The van der Waals surface area contributed by atoms with Crippen LogP contribution in [0.25, 0.3) is 0 Å². The number of hydrogen-bond acceptors (Lipinski definition) is 3. The second kappa shape index (κ2) is 6.13. The van der Waals surface area contributed by atoms with E-state index in [0.717, 1.165) is 23.4 Å². The molecule has 4 heteroatoms. The van der Waals surface area contributed by atoms with Crippen molar-refractivity contribution in [1.82, 2.24) is 5.32 Å². The summed E-state index contributed by atoms with van der Waals surface area (Å²) in [7, 11) is 0. The molecule has 0 aliphatic heterocycles. The van der Waals surface area contributed by atoms with Crippen LogP contribution in [0.5, 0.6) is 0 Å². The van der Waals surface area contributed by atoms with Crippen LogP contribution in [0.2, 0.25) is 0 Å². The lowest BCUT2D eigenvalue weighted by atomic mass is 10.1. The molecule has 1 unspecified atom stereocenters. The SMILES string of the molecule is CCCNC(=O)C(C)Nc1ccc(C)c(N)c1. The second-order valence-corrected chi connectivity index (χ2v) is 4.23. The Morgan fingerprint density at radius 3 is 2.76 bits per heavy atom. The van der Waals surface area contributed by atoms with Crippen molar-refractivity contribution >= 4 is 17.3 Å². The lowest BCUT2D eigenvalue weighted by molar-refractivity contribution is -0.121. The first-order chi connectivity index (χ1) is 8.04. The number of anilines is 2. The van der Waals surface area contributed by atoms with E-state index in [1.807, 2.05) is 39.0 Å². The van der Waals surface area contributed by atoms with Gasteiger partial charge in [0.15, 0.2) is 0 Å². The van der Waals surface area contributed by atoms with Gasteiger partial charge in [0, 0.05) is 17.9 Å². The largest absolute Gasteiger partial charge is 0.398 e. The zero-order valence-electron chi connectivity index (χ0n) is 10.7. The highest BCUT2D eigenvalue weighted by Gasteiger charge is 2.11. The predicted molar refractivity (Wildman–Crippen MR) is 72.0 cm³/mol. The highest BCUT2D eigenvalue weighted by molar-refractivity contribution is 5.84. The fourth-order valence-electron chi connectivity index (χ4n) is 1.45. The molecule has 0 saturated carbocycles. The van der Waals surface area contributed by atoms with Crippen molar-refractivity contribution in [2.45, 2.75) is 33.2 Å². The lowest BCUT2D eigenvalue weighted by Crippen LogP contribution is -2.37. The van der Waals surface area contributed by atoms with Crippen LogP contribution in [-0.4, -0.2) is 18.5 Å². The predicted octanol–water partition coefficient (Wildman–Crippen LogP) is 1.90. The number of carbonyl (C=O) groups is 1. The van der Waals surface area contributed by atoms with E-state index < -0.39 is 0 Å². The Labute approximate surface area is 103 Å². The first-order valence-corrected chi connectivity index (χ1v) is 5.95. The molecule has 0 aliphatic rings. The summed E-state index contributed by atoms with van der Waals surface area (Å²) in [5.74, 6) is 0.00555. The van der Waals surface area contributed by atoms with Gasteiger partial charge in [0.2, 0.25) is 5.91 Å². The summed E-state index contributed by atoms with van der Waals surface area (Å²) >= 11 is 0. The van der Waals surface area contributed by atoms with Gasteiger partial charge in [0.1, 0.15) is 6.04 Å². The Hall–Kier alpha value is -1.71. The molecule has 1 amide bonds. The summed E-state index contributed by atoms with van der Waals surface area (Å²) in [4.78, 5) is 11.7. The number of amides is 1. The van der Waals surface area contributed by atoms with Gasteiger partial charge in [0.25, 0.3) is 0 Å². The molecule has 0 aromatic heterocycles. The number of hydrogen-bond donors (Lipinski definition) is 3. The zero-order chi connectivity index (χ0) is 12.8. The maximum Gasteiger partial charge on any atom is 0.242 e. The van der Waals surface area contributed by atoms with Crippen molar-refractivity contribution in [2.75, 3.05) is 17.6 Å². The molecule has 0 heterocycles. The minimum Gasteiger partial charge on any atom is -0.398 e. The van der Waals surface area contributed by atoms with Gasteiger partial charge in [-0.2, -0.15) is 0 Å². The molecule has 4 N–H and O–H groups in total. The highest BCUT2D eigenvalue weighted by Crippen LogP contribution is 2.17. The van der Waals surface area contributed by atoms with Crippen LogP contribution in [0.1, 0.15) is 25.8 Å². The maximum absolute atomic E-state index is 11.7. The summed E-state index contributed by atoms with van der Waals surface area (Å²) in [6.45, 7) is 6.53. The van der Waals surface area contributed by atoms with Crippen molar-refractivity contribution in [1.29, 1.82) is 0 Å². The number of nitrogens with two attached hydrogens (primary N) is 1. The molecule has 0 saturated heterocycles. The van der Waals surface area contributed by atoms with Crippen molar-refractivity contribution in [3.05, 3.63) is 23.8 Å². The van der Waals surface area contributed by atoms with Crippen molar-refractivity contribution in [3.8, 4) is 0 Å². The third-order valence-electron chi connectivity index (χ3n) is 2.60. The Morgan fingerprint density at radius 1 is 1.47 bits per heavy atom. The molecular weight excluding hydrogens is 214 g/mol. The van der Waals surface area contributed by atoms with E-state index in [0.29, 0.717) is 6.54 Å². The molecule has 4 nitrogen and oxygen atoms in total. The number of benzene rings is 1. The molecular formula is C13H21N3O. The van der Waals surface area contributed by atoms with Gasteiger partial charge in [0.05, 0.1) is 0 Å². The van der Waals surface area contributed by atoms with Gasteiger partial charge in [-0.3, -0.25) is 4.79 Å². The summed E-state index contributed by atoms with van der Waals surface area (Å²) < 4.78 is 0.